The molecule has 2 rings (SSSR count). The van der Waals surface area contributed by atoms with Gasteiger partial charge in [-0.15, -0.1) is 0 Å². The van der Waals surface area contributed by atoms with Crippen LogP contribution in [0, 0.1) is 6.92 Å². The van der Waals surface area contributed by atoms with E-state index in [1.54, 1.807) is 6.92 Å². The van der Waals surface area contributed by atoms with E-state index in [1.165, 1.54) is 6.26 Å². The Morgan fingerprint density at radius 1 is 1.20 bits per heavy atom. The predicted molar refractivity (Wildman–Crippen MR) is 59.6 cm³/mol. The van der Waals surface area contributed by atoms with E-state index in [4.69, 9.17) is 0 Å². The topological polar surface area (TPSA) is 47.0 Å². The minimum absolute atomic E-state index is 0.168. The van der Waals surface area contributed by atoms with Crippen LogP contribution < -0.4 is 0 Å². The minimum atomic E-state index is -3.24. The number of sulfone groups is 1. The van der Waals surface area contributed by atoms with Crippen molar-refractivity contribution in [2.24, 2.45) is 0 Å². The molecule has 3 nitrogen and oxygen atoms in total. The first-order valence-electron chi connectivity index (χ1n) is 4.55. The van der Waals surface area contributed by atoms with E-state index < -0.39 is 9.84 Å². The molecular weight excluding hydrogens is 210 g/mol. The number of aromatic nitrogens is 1. The third kappa shape index (κ3) is 1.85. The first-order chi connectivity index (χ1) is 6.98. The third-order valence-electron chi connectivity index (χ3n) is 2.22. The van der Waals surface area contributed by atoms with Crippen molar-refractivity contribution in [2.45, 2.75) is 11.9 Å². The summed E-state index contributed by atoms with van der Waals surface area (Å²) in [7, 11) is -3.24. The molecule has 0 fully saturated rings. The molecule has 0 amide bonds. The molecule has 78 valence electrons. The van der Waals surface area contributed by atoms with Crippen molar-refractivity contribution in [1.82, 2.24) is 4.98 Å². The monoisotopic (exact) mass is 221 g/mol. The highest BCUT2D eigenvalue weighted by atomic mass is 32.2. The summed E-state index contributed by atoms with van der Waals surface area (Å²) in [4.78, 5) is 4.16. The molecule has 0 spiro atoms. The number of benzene rings is 1. The van der Waals surface area contributed by atoms with Crippen molar-refractivity contribution in [3.63, 3.8) is 0 Å². The molecule has 1 heterocycles. The highest BCUT2D eigenvalue weighted by molar-refractivity contribution is 7.90. The summed E-state index contributed by atoms with van der Waals surface area (Å²) in [5.41, 5.74) is 1.40. The summed E-state index contributed by atoms with van der Waals surface area (Å²) in [6.07, 6.45) is 1.18. The highest BCUT2D eigenvalue weighted by Crippen LogP contribution is 2.19. The summed E-state index contributed by atoms with van der Waals surface area (Å²) in [5.74, 6) is 0. The minimum Gasteiger partial charge on any atom is -0.236 e. The molecular formula is C11H11NO2S. The number of nitrogens with zero attached hydrogens (tertiary/aromatic N) is 1. The second-order valence-corrected chi connectivity index (χ2v) is 5.51. The summed E-state index contributed by atoms with van der Waals surface area (Å²) in [6, 6.07) is 9.32. The Morgan fingerprint density at radius 3 is 2.53 bits per heavy atom. The average molecular weight is 221 g/mol. The van der Waals surface area contributed by atoms with Crippen molar-refractivity contribution in [1.29, 1.82) is 0 Å². The van der Waals surface area contributed by atoms with Gasteiger partial charge in [0.05, 0.1) is 5.52 Å². The van der Waals surface area contributed by atoms with Crippen LogP contribution in [0.15, 0.2) is 35.4 Å². The van der Waals surface area contributed by atoms with Gasteiger partial charge in [-0.25, -0.2) is 13.4 Å². The van der Waals surface area contributed by atoms with E-state index in [0.717, 1.165) is 5.39 Å². The molecule has 15 heavy (non-hydrogen) atoms. The molecule has 0 unspecified atom stereocenters. The number of hydrogen-bond acceptors (Lipinski definition) is 3. The Morgan fingerprint density at radius 2 is 1.87 bits per heavy atom. The van der Waals surface area contributed by atoms with E-state index in [-0.39, 0.29) is 5.03 Å². The van der Waals surface area contributed by atoms with Gasteiger partial charge in [0.2, 0.25) is 0 Å². The van der Waals surface area contributed by atoms with Gasteiger partial charge >= 0.3 is 0 Å². The van der Waals surface area contributed by atoms with Crippen LogP contribution in [0.5, 0.6) is 0 Å². The third-order valence-corrected chi connectivity index (χ3v) is 3.34. The van der Waals surface area contributed by atoms with Crippen LogP contribution in [0.25, 0.3) is 10.9 Å². The normalized spacial score (nSPS) is 11.9. The molecule has 4 heteroatoms. The highest BCUT2D eigenvalue weighted by Gasteiger charge is 2.13. The van der Waals surface area contributed by atoms with Crippen LogP contribution in [0.2, 0.25) is 0 Å². The number of hydrogen-bond donors (Lipinski definition) is 0. The molecule has 0 aliphatic rings. The molecule has 0 aliphatic heterocycles. The molecule has 0 aliphatic carbocycles. The van der Waals surface area contributed by atoms with E-state index in [2.05, 4.69) is 4.98 Å². The Kier molecular flexibility index (Phi) is 2.23. The molecule has 0 radical (unpaired) electrons. The predicted octanol–water partition coefficient (Wildman–Crippen LogP) is 1.95. The van der Waals surface area contributed by atoms with E-state index in [0.29, 0.717) is 11.1 Å². The Labute approximate surface area is 88.7 Å². The Balaban J connectivity index is 2.84. The second kappa shape index (κ2) is 3.31. The summed E-state index contributed by atoms with van der Waals surface area (Å²) < 4.78 is 22.9. The number of fused-ring (bicyclic) bond motifs is 1. The molecule has 1 aromatic heterocycles. The summed E-state index contributed by atoms with van der Waals surface area (Å²) in [6.45, 7) is 1.76. The zero-order chi connectivity index (χ0) is 11.1. The Hall–Kier alpha value is -1.42. The van der Waals surface area contributed by atoms with Gasteiger partial charge in [0, 0.05) is 11.6 Å². The van der Waals surface area contributed by atoms with Crippen LogP contribution in [0.1, 0.15) is 5.56 Å². The molecule has 0 atom stereocenters. The van der Waals surface area contributed by atoms with E-state index in [9.17, 15) is 8.42 Å². The lowest BCUT2D eigenvalue weighted by molar-refractivity contribution is 0.598. The molecule has 0 saturated heterocycles. The molecule has 2 aromatic rings. The van der Waals surface area contributed by atoms with Gasteiger partial charge in [-0.3, -0.25) is 0 Å². The summed E-state index contributed by atoms with van der Waals surface area (Å²) >= 11 is 0. The lowest BCUT2D eigenvalue weighted by Crippen LogP contribution is -2.03. The van der Waals surface area contributed by atoms with Crippen molar-refractivity contribution in [3.8, 4) is 0 Å². The van der Waals surface area contributed by atoms with Crippen LogP contribution in [0.4, 0.5) is 0 Å². The van der Waals surface area contributed by atoms with Crippen molar-refractivity contribution < 1.29 is 8.42 Å². The van der Waals surface area contributed by atoms with E-state index >= 15 is 0 Å². The fraction of sp³-hybridized carbons (Fsp3) is 0.182. The average Bonchev–Trinajstić information content (AvgIpc) is 2.15. The van der Waals surface area contributed by atoms with Gasteiger partial charge in [-0.2, -0.15) is 0 Å². The SMILES string of the molecule is Cc1cc2ccccc2nc1S(C)(=O)=O. The maximum atomic E-state index is 11.4. The standard InChI is InChI=1S/C11H11NO2S/c1-8-7-9-5-3-4-6-10(9)12-11(8)15(2,13)14/h3-7H,1-2H3. The van der Waals surface area contributed by atoms with Gasteiger partial charge in [0.15, 0.2) is 14.9 Å². The number of para-hydroxylation sites is 1. The van der Waals surface area contributed by atoms with Gasteiger partial charge in [-0.1, -0.05) is 18.2 Å². The first kappa shape index (κ1) is 10.1. The van der Waals surface area contributed by atoms with Crippen LogP contribution >= 0.6 is 0 Å². The lowest BCUT2D eigenvalue weighted by atomic mass is 10.2. The zero-order valence-corrected chi connectivity index (χ0v) is 9.38. The molecule has 1 aromatic carbocycles. The summed E-state index contributed by atoms with van der Waals surface area (Å²) in [5, 5.41) is 1.13. The van der Waals surface area contributed by atoms with Crippen LogP contribution in [-0.4, -0.2) is 19.7 Å². The smallest absolute Gasteiger partial charge is 0.193 e. The molecule has 0 saturated carbocycles. The Bertz CT molecular complexity index is 618. The lowest BCUT2D eigenvalue weighted by Gasteiger charge is -2.04. The molecule has 0 N–H and O–H groups in total. The van der Waals surface area contributed by atoms with Crippen molar-refractivity contribution in [3.05, 3.63) is 35.9 Å². The number of pyridine rings is 1. The quantitative estimate of drug-likeness (QED) is 0.739. The van der Waals surface area contributed by atoms with Crippen molar-refractivity contribution in [2.75, 3.05) is 6.26 Å². The molecule has 0 bridgehead atoms. The largest absolute Gasteiger partial charge is 0.236 e. The second-order valence-electron chi connectivity index (χ2n) is 3.58. The maximum absolute atomic E-state index is 11.4. The van der Waals surface area contributed by atoms with Gasteiger partial charge in [-0.05, 0) is 24.6 Å². The fourth-order valence-corrected chi connectivity index (χ4v) is 2.49. The number of rotatable bonds is 1. The fourth-order valence-electron chi connectivity index (χ4n) is 1.58. The maximum Gasteiger partial charge on any atom is 0.193 e. The van der Waals surface area contributed by atoms with Gasteiger partial charge in [0.25, 0.3) is 0 Å². The zero-order valence-electron chi connectivity index (χ0n) is 8.56. The van der Waals surface area contributed by atoms with Gasteiger partial charge in [0.1, 0.15) is 0 Å². The van der Waals surface area contributed by atoms with Crippen LogP contribution in [-0.2, 0) is 9.84 Å². The van der Waals surface area contributed by atoms with Crippen molar-refractivity contribution >= 4 is 20.7 Å². The number of aryl methyl sites for hydroxylation is 1. The van der Waals surface area contributed by atoms with Crippen LogP contribution in [0.3, 0.4) is 0 Å². The van der Waals surface area contributed by atoms with E-state index in [1.807, 2.05) is 30.3 Å². The first-order valence-corrected chi connectivity index (χ1v) is 6.44. The van der Waals surface area contributed by atoms with Gasteiger partial charge < -0.3 is 0 Å².